The van der Waals surface area contributed by atoms with Crippen LogP contribution in [0, 0.1) is 0 Å². The lowest BCUT2D eigenvalue weighted by Gasteiger charge is -2.26. The molecule has 1 heterocycles. The molecule has 0 nitrogen and oxygen atoms in total. The Morgan fingerprint density at radius 3 is 0.778 bits per heavy atom. The van der Waals surface area contributed by atoms with Gasteiger partial charge in [-0.25, -0.2) is 0 Å². The molecule has 1 aliphatic heterocycles. The second kappa shape index (κ2) is 6.48. The molecule has 0 spiro atoms. The molecule has 5 rings (SSSR count). The second-order valence-corrected chi connectivity index (χ2v) is 19.9. The standard InChI is InChI=1S/C25H22Si2/c1-5-13-22(14-6-1)26(23-15-7-2-8-16-23)21-27(26,24-17-9-3-10-18-24)25-19-11-4-12-20-25/h1-20H,21H2. The fraction of sp³-hybridized carbons (Fsp3) is 0.0400. The van der Waals surface area contributed by atoms with Crippen LogP contribution in [0.2, 0.25) is 5.67 Å². The van der Waals surface area contributed by atoms with Crippen molar-refractivity contribution in [2.75, 3.05) is 0 Å². The van der Waals surface area contributed by atoms with Crippen molar-refractivity contribution in [1.82, 2.24) is 0 Å². The summed E-state index contributed by atoms with van der Waals surface area (Å²) in [6, 6.07) is 45.5. The van der Waals surface area contributed by atoms with Gasteiger partial charge in [0.15, 0.2) is 0 Å². The van der Waals surface area contributed by atoms with E-state index in [1.54, 1.807) is 20.7 Å². The van der Waals surface area contributed by atoms with Gasteiger partial charge in [0.25, 0.3) is 0 Å². The Bertz CT molecular complexity index is 863. The van der Waals surface area contributed by atoms with Gasteiger partial charge in [-0.2, -0.15) is 0 Å². The summed E-state index contributed by atoms with van der Waals surface area (Å²) in [6.07, 6.45) is 0. The third kappa shape index (κ3) is 2.41. The minimum absolute atomic E-state index is 1.36. The summed E-state index contributed by atoms with van der Waals surface area (Å²) in [5, 5.41) is 6.37. The first kappa shape index (κ1) is 16.5. The normalized spacial score (nSPS) is 16.6. The maximum Gasteiger partial charge on any atom is 0.119 e. The molecule has 0 aromatic heterocycles. The number of benzene rings is 4. The van der Waals surface area contributed by atoms with Gasteiger partial charge in [-0.1, -0.05) is 142 Å². The summed E-state index contributed by atoms with van der Waals surface area (Å²) < 4.78 is 0. The SMILES string of the molecule is c1ccc([Si]2(c3ccccc3)C[Si]2(c2ccccc2)c2ccccc2)cc1. The van der Waals surface area contributed by atoms with E-state index in [0.717, 1.165) is 0 Å². The van der Waals surface area contributed by atoms with Crippen LogP contribution in [-0.4, -0.2) is 15.2 Å². The lowest BCUT2D eigenvalue weighted by atomic mass is 10.4. The van der Waals surface area contributed by atoms with Gasteiger partial charge in [0.05, 0.1) is 0 Å². The van der Waals surface area contributed by atoms with Crippen LogP contribution in [0.3, 0.4) is 0 Å². The smallest absolute Gasteiger partial charge is 0.0628 e. The van der Waals surface area contributed by atoms with Gasteiger partial charge in [-0.3, -0.25) is 0 Å². The van der Waals surface area contributed by atoms with Crippen molar-refractivity contribution in [3.63, 3.8) is 0 Å². The van der Waals surface area contributed by atoms with E-state index >= 15 is 0 Å². The third-order valence-electron chi connectivity index (χ3n) is 6.20. The fourth-order valence-electron chi connectivity index (χ4n) is 4.97. The number of hydrogen-bond acceptors (Lipinski definition) is 0. The van der Waals surface area contributed by atoms with Crippen molar-refractivity contribution in [2.24, 2.45) is 0 Å². The molecule has 0 atom stereocenters. The van der Waals surface area contributed by atoms with Gasteiger partial charge in [0.1, 0.15) is 15.2 Å². The Labute approximate surface area is 163 Å². The second-order valence-electron chi connectivity index (χ2n) is 7.45. The first-order chi connectivity index (χ1) is 13.4. The van der Waals surface area contributed by atoms with Crippen LogP contribution < -0.4 is 20.7 Å². The Morgan fingerprint density at radius 1 is 0.333 bits per heavy atom. The molecule has 130 valence electrons. The van der Waals surface area contributed by atoms with Crippen molar-refractivity contribution in [3.05, 3.63) is 121 Å². The molecular formula is C25H22Si2. The zero-order valence-corrected chi connectivity index (χ0v) is 17.3. The van der Waals surface area contributed by atoms with E-state index in [-0.39, 0.29) is 0 Å². The van der Waals surface area contributed by atoms with Crippen molar-refractivity contribution >= 4 is 35.9 Å². The minimum Gasteiger partial charge on any atom is -0.0628 e. The maximum atomic E-state index is 2.39. The fourth-order valence-corrected chi connectivity index (χ4v) is 27.8. The quantitative estimate of drug-likeness (QED) is 0.479. The molecule has 4 aromatic rings. The van der Waals surface area contributed by atoms with Crippen LogP contribution in [0.5, 0.6) is 0 Å². The van der Waals surface area contributed by atoms with E-state index in [1.807, 2.05) is 0 Å². The molecular weight excluding hydrogens is 356 g/mol. The predicted octanol–water partition coefficient (Wildman–Crippen LogP) is 3.14. The number of rotatable bonds is 4. The summed E-state index contributed by atoms with van der Waals surface area (Å²) >= 11 is 0. The molecule has 0 saturated carbocycles. The molecule has 2 heteroatoms. The molecule has 0 N–H and O–H groups in total. The molecule has 1 fully saturated rings. The van der Waals surface area contributed by atoms with Gasteiger partial charge in [0.2, 0.25) is 0 Å². The van der Waals surface area contributed by atoms with Gasteiger partial charge in [0, 0.05) is 0 Å². The minimum atomic E-state index is -1.83. The van der Waals surface area contributed by atoms with Crippen molar-refractivity contribution in [1.29, 1.82) is 0 Å². The van der Waals surface area contributed by atoms with Crippen LogP contribution in [-0.2, 0) is 0 Å². The molecule has 0 amide bonds. The zero-order valence-electron chi connectivity index (χ0n) is 15.3. The largest absolute Gasteiger partial charge is 0.119 e. The Balaban J connectivity index is 1.82. The Hall–Kier alpha value is -2.69. The van der Waals surface area contributed by atoms with Crippen LogP contribution in [0.4, 0.5) is 0 Å². The van der Waals surface area contributed by atoms with E-state index in [1.165, 1.54) is 5.67 Å². The monoisotopic (exact) mass is 378 g/mol. The molecule has 0 radical (unpaired) electrons. The summed E-state index contributed by atoms with van der Waals surface area (Å²) in [5.74, 6) is 0. The van der Waals surface area contributed by atoms with E-state index in [4.69, 9.17) is 0 Å². The summed E-state index contributed by atoms with van der Waals surface area (Å²) in [7, 11) is -3.66. The summed E-state index contributed by atoms with van der Waals surface area (Å²) in [5.41, 5.74) is 1.36. The highest BCUT2D eigenvalue weighted by molar-refractivity contribution is 7.74. The van der Waals surface area contributed by atoms with Crippen molar-refractivity contribution in [2.45, 2.75) is 5.67 Å². The molecule has 27 heavy (non-hydrogen) atoms. The third-order valence-corrected chi connectivity index (χ3v) is 24.0. The predicted molar refractivity (Wildman–Crippen MR) is 121 cm³/mol. The molecule has 1 saturated heterocycles. The summed E-state index contributed by atoms with van der Waals surface area (Å²) in [6.45, 7) is 0. The Morgan fingerprint density at radius 2 is 0.556 bits per heavy atom. The molecule has 1 aliphatic rings. The van der Waals surface area contributed by atoms with Gasteiger partial charge >= 0.3 is 0 Å². The van der Waals surface area contributed by atoms with E-state index in [0.29, 0.717) is 0 Å². The van der Waals surface area contributed by atoms with Crippen LogP contribution in [0.25, 0.3) is 0 Å². The van der Waals surface area contributed by atoms with Crippen LogP contribution in [0.15, 0.2) is 121 Å². The maximum absolute atomic E-state index is 2.39. The topological polar surface area (TPSA) is 0 Å². The summed E-state index contributed by atoms with van der Waals surface area (Å²) in [4.78, 5) is 0. The van der Waals surface area contributed by atoms with E-state index < -0.39 is 15.2 Å². The molecule has 0 aliphatic carbocycles. The molecule has 0 unspecified atom stereocenters. The van der Waals surface area contributed by atoms with Crippen molar-refractivity contribution in [3.8, 4) is 0 Å². The first-order valence-corrected chi connectivity index (χ1v) is 15.0. The van der Waals surface area contributed by atoms with Crippen molar-refractivity contribution < 1.29 is 0 Å². The van der Waals surface area contributed by atoms with Crippen LogP contribution >= 0.6 is 0 Å². The first-order valence-electron chi connectivity index (χ1n) is 9.60. The van der Waals surface area contributed by atoms with Crippen LogP contribution in [0.1, 0.15) is 0 Å². The lowest BCUT2D eigenvalue weighted by molar-refractivity contribution is 1.72. The van der Waals surface area contributed by atoms with Gasteiger partial charge < -0.3 is 0 Å². The highest BCUT2D eigenvalue weighted by Crippen LogP contribution is 2.43. The Kier molecular flexibility index (Phi) is 3.96. The number of hydrogen-bond donors (Lipinski definition) is 0. The zero-order chi connectivity index (χ0) is 18.2. The molecule has 4 aromatic carbocycles. The average molecular weight is 379 g/mol. The lowest BCUT2D eigenvalue weighted by Crippen LogP contribution is -2.65. The van der Waals surface area contributed by atoms with Gasteiger partial charge in [-0.05, 0) is 5.67 Å². The molecule has 0 bridgehead atoms. The van der Waals surface area contributed by atoms with E-state index in [9.17, 15) is 0 Å². The highest BCUT2D eigenvalue weighted by Gasteiger charge is 2.73. The highest BCUT2D eigenvalue weighted by atomic mass is 29.3. The average Bonchev–Trinajstić information content (AvgIpc) is 3.49. The van der Waals surface area contributed by atoms with E-state index in [2.05, 4.69) is 121 Å². The van der Waals surface area contributed by atoms with Gasteiger partial charge in [-0.15, -0.1) is 0 Å².